The molecule has 158 valence electrons. The van der Waals surface area contributed by atoms with Crippen molar-refractivity contribution in [2.45, 2.75) is 31.4 Å². The number of methoxy groups -OCH3 is 1. The van der Waals surface area contributed by atoms with Crippen LogP contribution in [0, 0.1) is 5.82 Å². The lowest BCUT2D eigenvalue weighted by Gasteiger charge is -2.10. The molecule has 1 amide bonds. The predicted molar refractivity (Wildman–Crippen MR) is 118 cm³/mol. The number of hydrogen-bond donors (Lipinski definition) is 1. The molecule has 0 radical (unpaired) electrons. The van der Waals surface area contributed by atoms with Gasteiger partial charge in [0.15, 0.2) is 16.7 Å². The van der Waals surface area contributed by atoms with E-state index in [1.165, 1.54) is 23.9 Å². The number of hydrogen-bond acceptors (Lipinski definition) is 6. The zero-order valence-corrected chi connectivity index (χ0v) is 17.7. The van der Waals surface area contributed by atoms with E-state index in [0.717, 1.165) is 24.0 Å². The van der Waals surface area contributed by atoms with Crippen molar-refractivity contribution in [1.82, 2.24) is 5.32 Å². The van der Waals surface area contributed by atoms with Crippen LogP contribution in [0.2, 0.25) is 0 Å². The van der Waals surface area contributed by atoms with E-state index in [9.17, 15) is 9.18 Å². The second-order valence-electron chi connectivity index (χ2n) is 6.69. The molecule has 1 aliphatic rings. The zero-order valence-electron chi connectivity index (χ0n) is 16.9. The van der Waals surface area contributed by atoms with Crippen molar-refractivity contribution in [2.24, 2.45) is 10.2 Å². The third-order valence-electron chi connectivity index (χ3n) is 4.41. The van der Waals surface area contributed by atoms with Crippen LogP contribution in [0.4, 0.5) is 4.39 Å². The largest absolute Gasteiger partial charge is 0.493 e. The molecule has 0 aliphatic carbocycles. The number of carbonyl (C=O) groups excluding carboxylic acids is 1. The SMILES string of the molecule is CCCCOc1ccc(/C=N/N=C2\NC(=O)C(Cc3ccc(F)cc3)S2)cc1OC. The van der Waals surface area contributed by atoms with Crippen LogP contribution in [-0.4, -0.2) is 36.3 Å². The van der Waals surface area contributed by atoms with Gasteiger partial charge in [-0.25, -0.2) is 4.39 Å². The molecule has 3 rings (SSSR count). The summed E-state index contributed by atoms with van der Waals surface area (Å²) < 4.78 is 24.1. The minimum atomic E-state index is -0.316. The molecule has 0 saturated carbocycles. The van der Waals surface area contributed by atoms with Crippen molar-refractivity contribution in [3.63, 3.8) is 0 Å². The highest BCUT2D eigenvalue weighted by Gasteiger charge is 2.30. The highest BCUT2D eigenvalue weighted by Crippen LogP contribution is 2.28. The van der Waals surface area contributed by atoms with E-state index in [-0.39, 0.29) is 17.0 Å². The van der Waals surface area contributed by atoms with Gasteiger partial charge in [-0.05, 0) is 54.3 Å². The molecular formula is C22H24FN3O3S. The molecule has 2 aromatic carbocycles. The van der Waals surface area contributed by atoms with Crippen molar-refractivity contribution in [3.8, 4) is 11.5 Å². The minimum Gasteiger partial charge on any atom is -0.493 e. The van der Waals surface area contributed by atoms with Gasteiger partial charge in [0.05, 0.1) is 25.2 Å². The number of unbranched alkanes of at least 4 members (excludes halogenated alkanes) is 1. The number of halogens is 1. The predicted octanol–water partition coefficient (Wildman–Crippen LogP) is 4.18. The Hall–Kier alpha value is -2.87. The fourth-order valence-electron chi connectivity index (χ4n) is 2.78. The summed E-state index contributed by atoms with van der Waals surface area (Å²) in [5, 5.41) is 11.0. The monoisotopic (exact) mass is 429 g/mol. The topological polar surface area (TPSA) is 72.3 Å². The molecule has 1 heterocycles. The van der Waals surface area contributed by atoms with E-state index < -0.39 is 0 Å². The number of thioether (sulfide) groups is 1. The smallest absolute Gasteiger partial charge is 0.239 e. The second-order valence-corrected chi connectivity index (χ2v) is 7.88. The van der Waals surface area contributed by atoms with Gasteiger partial charge in [0.1, 0.15) is 5.82 Å². The van der Waals surface area contributed by atoms with Gasteiger partial charge in [0, 0.05) is 0 Å². The van der Waals surface area contributed by atoms with Crippen molar-refractivity contribution >= 4 is 29.1 Å². The zero-order chi connectivity index (χ0) is 21.3. The Morgan fingerprint density at radius 1 is 1.20 bits per heavy atom. The van der Waals surface area contributed by atoms with Gasteiger partial charge in [-0.2, -0.15) is 5.10 Å². The number of benzene rings is 2. The molecule has 8 heteroatoms. The van der Waals surface area contributed by atoms with E-state index >= 15 is 0 Å². The molecule has 0 spiro atoms. The molecular weight excluding hydrogens is 405 g/mol. The first-order chi connectivity index (χ1) is 14.6. The van der Waals surface area contributed by atoms with Gasteiger partial charge < -0.3 is 14.8 Å². The van der Waals surface area contributed by atoms with Crippen LogP contribution in [0.25, 0.3) is 0 Å². The Bertz CT molecular complexity index is 932. The van der Waals surface area contributed by atoms with Gasteiger partial charge in [-0.3, -0.25) is 4.79 Å². The van der Waals surface area contributed by atoms with Crippen molar-refractivity contribution in [1.29, 1.82) is 0 Å². The summed E-state index contributed by atoms with van der Waals surface area (Å²) >= 11 is 1.31. The minimum absolute atomic E-state index is 0.131. The maximum Gasteiger partial charge on any atom is 0.239 e. The molecule has 30 heavy (non-hydrogen) atoms. The van der Waals surface area contributed by atoms with E-state index in [1.807, 2.05) is 18.2 Å². The summed E-state index contributed by atoms with van der Waals surface area (Å²) in [6.45, 7) is 2.75. The summed E-state index contributed by atoms with van der Waals surface area (Å²) in [5.41, 5.74) is 1.69. The van der Waals surface area contributed by atoms with Crippen LogP contribution < -0.4 is 14.8 Å². The maximum absolute atomic E-state index is 13.0. The van der Waals surface area contributed by atoms with Gasteiger partial charge in [0.25, 0.3) is 0 Å². The number of carbonyl (C=O) groups is 1. The molecule has 1 fully saturated rings. The van der Waals surface area contributed by atoms with Gasteiger partial charge in [-0.1, -0.05) is 37.2 Å². The van der Waals surface area contributed by atoms with Crippen LogP contribution in [0.15, 0.2) is 52.7 Å². The fourth-order valence-corrected chi connectivity index (χ4v) is 3.74. The molecule has 1 saturated heterocycles. The Kier molecular flexibility index (Phi) is 7.84. The average molecular weight is 430 g/mol. The van der Waals surface area contributed by atoms with Gasteiger partial charge >= 0.3 is 0 Å². The fraction of sp³-hybridized carbons (Fsp3) is 0.318. The van der Waals surface area contributed by atoms with E-state index in [0.29, 0.717) is 29.7 Å². The summed E-state index contributed by atoms with van der Waals surface area (Å²) in [4.78, 5) is 12.1. The van der Waals surface area contributed by atoms with Crippen LogP contribution in [0.3, 0.4) is 0 Å². The standard InChI is InChI=1S/C22H24FN3O3S/c1-3-4-11-29-18-10-7-16(12-19(18)28-2)14-24-26-22-25-21(27)20(30-22)13-15-5-8-17(23)9-6-15/h5-10,12,14,20H,3-4,11,13H2,1-2H3,(H,25,26,27)/b24-14+. The van der Waals surface area contributed by atoms with E-state index in [4.69, 9.17) is 9.47 Å². The molecule has 1 N–H and O–H groups in total. The third kappa shape index (κ3) is 6.06. The number of amidine groups is 1. The lowest BCUT2D eigenvalue weighted by molar-refractivity contribution is -0.118. The number of amides is 1. The number of ether oxygens (including phenoxy) is 2. The van der Waals surface area contributed by atoms with E-state index in [1.54, 1.807) is 25.5 Å². The first-order valence-electron chi connectivity index (χ1n) is 9.73. The van der Waals surface area contributed by atoms with Crippen molar-refractivity contribution in [3.05, 3.63) is 59.4 Å². The van der Waals surface area contributed by atoms with Crippen LogP contribution in [0.1, 0.15) is 30.9 Å². The van der Waals surface area contributed by atoms with Gasteiger partial charge in [-0.15, -0.1) is 5.10 Å². The van der Waals surface area contributed by atoms with Gasteiger partial charge in [0.2, 0.25) is 5.91 Å². The van der Waals surface area contributed by atoms with Crippen molar-refractivity contribution < 1.29 is 18.7 Å². The lowest BCUT2D eigenvalue weighted by atomic mass is 10.1. The Morgan fingerprint density at radius 2 is 2.00 bits per heavy atom. The average Bonchev–Trinajstić information content (AvgIpc) is 3.09. The lowest BCUT2D eigenvalue weighted by Crippen LogP contribution is -2.25. The Labute approximate surface area is 179 Å². The second kappa shape index (κ2) is 10.8. The molecule has 2 aromatic rings. The number of rotatable bonds is 9. The Morgan fingerprint density at radius 3 is 2.73 bits per heavy atom. The molecule has 0 aromatic heterocycles. The van der Waals surface area contributed by atoms with E-state index in [2.05, 4.69) is 22.4 Å². The summed E-state index contributed by atoms with van der Waals surface area (Å²) in [6.07, 6.45) is 4.13. The first-order valence-corrected chi connectivity index (χ1v) is 10.6. The normalized spacial score (nSPS) is 17.5. The summed E-state index contributed by atoms with van der Waals surface area (Å²) in [6, 6.07) is 11.7. The van der Waals surface area contributed by atoms with Crippen molar-refractivity contribution in [2.75, 3.05) is 13.7 Å². The number of nitrogens with one attached hydrogen (secondary N) is 1. The summed E-state index contributed by atoms with van der Waals surface area (Å²) in [5.74, 6) is 0.895. The van der Waals surface area contributed by atoms with Crippen LogP contribution in [0.5, 0.6) is 11.5 Å². The maximum atomic E-state index is 13.0. The molecule has 6 nitrogen and oxygen atoms in total. The highest BCUT2D eigenvalue weighted by atomic mass is 32.2. The highest BCUT2D eigenvalue weighted by molar-refractivity contribution is 8.15. The molecule has 1 atom stereocenters. The van der Waals surface area contributed by atoms with Crippen LogP contribution >= 0.6 is 11.8 Å². The van der Waals surface area contributed by atoms with Crippen LogP contribution in [-0.2, 0) is 11.2 Å². The summed E-state index contributed by atoms with van der Waals surface area (Å²) in [7, 11) is 1.59. The first kappa shape index (κ1) is 21.8. The quantitative estimate of drug-likeness (QED) is 0.369. The molecule has 1 unspecified atom stereocenters. The molecule has 0 bridgehead atoms. The number of nitrogens with zero attached hydrogens (tertiary/aromatic N) is 2. The Balaban J connectivity index is 1.59. The third-order valence-corrected chi connectivity index (χ3v) is 5.48. The molecule has 1 aliphatic heterocycles.